The fourth-order valence-corrected chi connectivity index (χ4v) is 1.45. The highest BCUT2D eigenvalue weighted by atomic mass is 16.5. The topological polar surface area (TPSA) is 75.7 Å². The maximum Gasteiger partial charge on any atom is 0.325 e. The number of rotatable bonds is 6. The molecule has 0 spiro atoms. The largest absolute Gasteiger partial charge is 0.465 e. The lowest BCUT2D eigenvalue weighted by atomic mass is 10.0. The molecule has 6 heteroatoms. The van der Waals surface area contributed by atoms with Crippen molar-refractivity contribution < 1.29 is 19.1 Å². The molecule has 18 heavy (non-hydrogen) atoms. The van der Waals surface area contributed by atoms with Crippen molar-refractivity contribution in [3.63, 3.8) is 0 Å². The van der Waals surface area contributed by atoms with Crippen molar-refractivity contribution in [2.45, 2.75) is 33.7 Å². The zero-order valence-electron chi connectivity index (χ0n) is 11.6. The lowest BCUT2D eigenvalue weighted by Crippen LogP contribution is -2.50. The Labute approximate surface area is 108 Å². The number of nitrogens with one attached hydrogen (secondary N) is 1. The number of carbonyl (C=O) groups excluding carboxylic acids is 3. The Hall–Kier alpha value is -1.59. The molecule has 0 aromatic carbocycles. The molecule has 0 fully saturated rings. The minimum Gasteiger partial charge on any atom is -0.465 e. The van der Waals surface area contributed by atoms with Crippen LogP contribution >= 0.6 is 0 Å². The minimum atomic E-state index is -0.623. The van der Waals surface area contributed by atoms with E-state index in [9.17, 15) is 14.4 Å². The zero-order valence-corrected chi connectivity index (χ0v) is 11.6. The standard InChI is InChI=1S/C12H22N2O4/c1-6-18-10(16)7-14(5)12(17)11(8(2)3)13-9(4)15/h8,11H,6-7H2,1-5H3,(H,13,15). The molecule has 0 bridgehead atoms. The number of hydrogen-bond acceptors (Lipinski definition) is 4. The quantitative estimate of drug-likeness (QED) is 0.689. The molecule has 0 saturated heterocycles. The molecule has 0 heterocycles. The van der Waals surface area contributed by atoms with Crippen LogP contribution in [0.3, 0.4) is 0 Å². The number of likely N-dealkylation sites (N-methyl/N-ethyl adjacent to an activating group) is 1. The number of amides is 2. The zero-order chi connectivity index (χ0) is 14.3. The molecule has 0 radical (unpaired) electrons. The molecule has 1 unspecified atom stereocenters. The third kappa shape index (κ3) is 5.65. The highest BCUT2D eigenvalue weighted by Crippen LogP contribution is 2.05. The number of ether oxygens (including phenoxy) is 1. The summed E-state index contributed by atoms with van der Waals surface area (Å²) in [5, 5.41) is 2.58. The van der Waals surface area contributed by atoms with Gasteiger partial charge in [0.2, 0.25) is 11.8 Å². The van der Waals surface area contributed by atoms with Crippen LogP contribution in [-0.4, -0.2) is 48.9 Å². The predicted molar refractivity (Wildman–Crippen MR) is 66.7 cm³/mol. The fraction of sp³-hybridized carbons (Fsp3) is 0.750. The van der Waals surface area contributed by atoms with E-state index in [0.29, 0.717) is 0 Å². The van der Waals surface area contributed by atoms with Crippen LogP contribution in [0.4, 0.5) is 0 Å². The van der Waals surface area contributed by atoms with E-state index in [-0.39, 0.29) is 30.9 Å². The van der Waals surface area contributed by atoms with Gasteiger partial charge in [0.05, 0.1) is 6.61 Å². The van der Waals surface area contributed by atoms with E-state index >= 15 is 0 Å². The summed E-state index contributed by atoms with van der Waals surface area (Å²) in [6.45, 7) is 6.88. The second-order valence-electron chi connectivity index (χ2n) is 4.42. The monoisotopic (exact) mass is 258 g/mol. The van der Waals surface area contributed by atoms with Gasteiger partial charge in [-0.05, 0) is 12.8 Å². The van der Waals surface area contributed by atoms with Crippen LogP contribution in [0.1, 0.15) is 27.7 Å². The molecule has 0 aliphatic heterocycles. The number of hydrogen-bond donors (Lipinski definition) is 1. The van der Waals surface area contributed by atoms with Gasteiger partial charge in [-0.1, -0.05) is 13.8 Å². The Morgan fingerprint density at radius 1 is 1.28 bits per heavy atom. The van der Waals surface area contributed by atoms with Gasteiger partial charge in [-0.15, -0.1) is 0 Å². The first kappa shape index (κ1) is 16.4. The lowest BCUT2D eigenvalue weighted by Gasteiger charge is -2.26. The maximum atomic E-state index is 12.1. The first-order chi connectivity index (χ1) is 8.29. The van der Waals surface area contributed by atoms with Crippen molar-refractivity contribution in [2.24, 2.45) is 5.92 Å². The smallest absolute Gasteiger partial charge is 0.325 e. The van der Waals surface area contributed by atoms with E-state index in [2.05, 4.69) is 5.32 Å². The highest BCUT2D eigenvalue weighted by molar-refractivity contribution is 5.89. The van der Waals surface area contributed by atoms with Crippen LogP contribution < -0.4 is 5.32 Å². The van der Waals surface area contributed by atoms with Gasteiger partial charge in [-0.3, -0.25) is 14.4 Å². The Balaban J connectivity index is 4.56. The van der Waals surface area contributed by atoms with E-state index in [0.717, 1.165) is 0 Å². The van der Waals surface area contributed by atoms with Gasteiger partial charge in [-0.2, -0.15) is 0 Å². The molecule has 0 saturated carbocycles. The van der Waals surface area contributed by atoms with E-state index in [1.54, 1.807) is 6.92 Å². The van der Waals surface area contributed by atoms with Crippen molar-refractivity contribution in [1.29, 1.82) is 0 Å². The van der Waals surface area contributed by atoms with Crippen LogP contribution in [0, 0.1) is 5.92 Å². The van der Waals surface area contributed by atoms with E-state index in [1.165, 1.54) is 18.9 Å². The molecular formula is C12H22N2O4. The summed E-state index contributed by atoms with van der Waals surface area (Å²) in [4.78, 5) is 35.6. The van der Waals surface area contributed by atoms with Crippen LogP contribution in [0.2, 0.25) is 0 Å². The predicted octanol–water partition coefficient (Wildman–Crippen LogP) is 0.169. The minimum absolute atomic E-state index is 0.0500. The van der Waals surface area contributed by atoms with E-state index < -0.39 is 12.0 Å². The van der Waals surface area contributed by atoms with Gasteiger partial charge in [0.25, 0.3) is 0 Å². The molecular weight excluding hydrogens is 236 g/mol. The number of esters is 1. The molecule has 1 N–H and O–H groups in total. The second kappa shape index (κ2) is 7.68. The third-order valence-corrected chi connectivity index (χ3v) is 2.34. The third-order valence-electron chi connectivity index (χ3n) is 2.34. The van der Waals surface area contributed by atoms with E-state index in [4.69, 9.17) is 4.74 Å². The maximum absolute atomic E-state index is 12.1. The SMILES string of the molecule is CCOC(=O)CN(C)C(=O)C(NC(C)=O)C(C)C. The fourth-order valence-electron chi connectivity index (χ4n) is 1.45. The lowest BCUT2D eigenvalue weighted by molar-refractivity contribution is -0.149. The number of nitrogens with zero attached hydrogens (tertiary/aromatic N) is 1. The average Bonchev–Trinajstić information content (AvgIpc) is 2.24. The van der Waals surface area contributed by atoms with Gasteiger partial charge in [0.15, 0.2) is 0 Å². The Morgan fingerprint density at radius 3 is 2.22 bits per heavy atom. The van der Waals surface area contributed by atoms with Gasteiger partial charge in [0, 0.05) is 14.0 Å². The first-order valence-corrected chi connectivity index (χ1v) is 5.97. The summed E-state index contributed by atoms with van der Waals surface area (Å²) in [5.74, 6) is -1.08. The average molecular weight is 258 g/mol. The van der Waals surface area contributed by atoms with E-state index in [1.807, 2.05) is 13.8 Å². The summed E-state index contributed by atoms with van der Waals surface area (Å²) in [6.07, 6.45) is 0. The summed E-state index contributed by atoms with van der Waals surface area (Å²) < 4.78 is 4.76. The normalized spacial score (nSPS) is 11.9. The molecule has 0 rings (SSSR count). The molecule has 6 nitrogen and oxygen atoms in total. The van der Waals surface area contributed by atoms with Crippen LogP contribution in [-0.2, 0) is 19.1 Å². The van der Waals surface area contributed by atoms with Gasteiger partial charge in [-0.25, -0.2) is 0 Å². The molecule has 2 amide bonds. The molecule has 0 aromatic heterocycles. The van der Waals surface area contributed by atoms with Crippen molar-refractivity contribution in [2.75, 3.05) is 20.2 Å². The summed E-state index contributed by atoms with van der Waals surface area (Å²) >= 11 is 0. The van der Waals surface area contributed by atoms with Gasteiger partial charge in [0.1, 0.15) is 12.6 Å². The van der Waals surface area contributed by atoms with Crippen molar-refractivity contribution in [3.05, 3.63) is 0 Å². The highest BCUT2D eigenvalue weighted by Gasteiger charge is 2.27. The Bertz CT molecular complexity index is 315. The van der Waals surface area contributed by atoms with Gasteiger partial charge >= 0.3 is 5.97 Å². The van der Waals surface area contributed by atoms with Crippen LogP contribution in [0.25, 0.3) is 0 Å². The summed E-state index contributed by atoms with van der Waals surface area (Å²) in [5.41, 5.74) is 0. The summed E-state index contributed by atoms with van der Waals surface area (Å²) in [7, 11) is 1.51. The Morgan fingerprint density at radius 2 is 1.83 bits per heavy atom. The molecule has 1 atom stereocenters. The van der Waals surface area contributed by atoms with Crippen molar-refractivity contribution >= 4 is 17.8 Å². The van der Waals surface area contributed by atoms with Crippen LogP contribution in [0.15, 0.2) is 0 Å². The van der Waals surface area contributed by atoms with Crippen LogP contribution in [0.5, 0.6) is 0 Å². The second-order valence-corrected chi connectivity index (χ2v) is 4.42. The Kier molecular flexibility index (Phi) is 7.00. The number of carbonyl (C=O) groups is 3. The van der Waals surface area contributed by atoms with Crippen molar-refractivity contribution in [1.82, 2.24) is 10.2 Å². The molecule has 104 valence electrons. The molecule has 0 aliphatic carbocycles. The molecule has 0 aliphatic rings. The van der Waals surface area contributed by atoms with Crippen molar-refractivity contribution in [3.8, 4) is 0 Å². The molecule has 0 aromatic rings. The summed E-state index contributed by atoms with van der Waals surface area (Å²) in [6, 6.07) is -0.623. The first-order valence-electron chi connectivity index (χ1n) is 5.97. The van der Waals surface area contributed by atoms with Gasteiger partial charge < -0.3 is 15.0 Å².